The van der Waals surface area contributed by atoms with Gasteiger partial charge >= 0.3 is 0 Å². The van der Waals surface area contributed by atoms with Crippen molar-refractivity contribution >= 4 is 15.7 Å². The molecule has 0 fully saturated rings. The molecule has 19 heavy (non-hydrogen) atoms. The first-order chi connectivity index (χ1) is 9.00. The highest BCUT2D eigenvalue weighted by Gasteiger charge is 2.25. The number of hydrogen-bond donors (Lipinski definition) is 0. The number of hydrogen-bond acceptors (Lipinski definition) is 2. The zero-order chi connectivity index (χ0) is 14.3. The molecule has 0 saturated carbocycles. The fourth-order valence-corrected chi connectivity index (χ4v) is 3.48. The first-order valence-electron chi connectivity index (χ1n) is 7.03. The van der Waals surface area contributed by atoms with E-state index in [2.05, 4.69) is 6.92 Å². The summed E-state index contributed by atoms with van der Waals surface area (Å²) in [4.78, 5) is 0. The molecular formula is C15H25NO2S. The largest absolute Gasteiger partial charge is 0.273 e. The molecule has 4 heteroatoms. The highest BCUT2D eigenvalue weighted by Crippen LogP contribution is 2.21. The molecule has 0 unspecified atom stereocenters. The summed E-state index contributed by atoms with van der Waals surface area (Å²) in [6.45, 7) is 3.96. The van der Waals surface area contributed by atoms with Crippen molar-refractivity contribution in [1.82, 2.24) is 0 Å². The molecule has 3 nitrogen and oxygen atoms in total. The lowest BCUT2D eigenvalue weighted by Crippen LogP contribution is -2.34. The van der Waals surface area contributed by atoms with Crippen LogP contribution < -0.4 is 4.31 Å². The van der Waals surface area contributed by atoms with Crippen LogP contribution in [0.1, 0.15) is 46.0 Å². The van der Waals surface area contributed by atoms with Crippen molar-refractivity contribution < 1.29 is 8.42 Å². The normalized spacial score (nSPS) is 13.2. The highest BCUT2D eigenvalue weighted by atomic mass is 32.2. The van der Waals surface area contributed by atoms with Crippen molar-refractivity contribution in [1.29, 1.82) is 0 Å². The molecule has 1 atom stereocenters. The molecule has 0 aliphatic rings. The molecule has 1 rings (SSSR count). The number of unbranched alkanes of at least 4 members (excludes halogenated alkanes) is 3. The summed E-state index contributed by atoms with van der Waals surface area (Å²) in [7, 11) is -1.61. The number of rotatable bonds is 8. The molecule has 0 bridgehead atoms. The van der Waals surface area contributed by atoms with Crippen molar-refractivity contribution in [2.75, 3.05) is 11.4 Å². The van der Waals surface area contributed by atoms with Gasteiger partial charge in [0.1, 0.15) is 0 Å². The monoisotopic (exact) mass is 283 g/mol. The molecule has 0 heterocycles. The topological polar surface area (TPSA) is 37.4 Å². The van der Waals surface area contributed by atoms with E-state index in [0.29, 0.717) is 0 Å². The van der Waals surface area contributed by atoms with E-state index >= 15 is 0 Å². The summed E-state index contributed by atoms with van der Waals surface area (Å²) >= 11 is 0. The van der Waals surface area contributed by atoms with Crippen molar-refractivity contribution in [3.63, 3.8) is 0 Å². The predicted octanol–water partition coefficient (Wildman–Crippen LogP) is 3.81. The Kier molecular flexibility index (Phi) is 6.35. The SMILES string of the molecule is CCCCCC[C@@H](C)S(=O)(=O)N(C)c1ccccc1. The fourth-order valence-electron chi connectivity index (χ4n) is 2.06. The Hall–Kier alpha value is -1.03. The lowest BCUT2D eigenvalue weighted by molar-refractivity contribution is 0.561. The van der Waals surface area contributed by atoms with E-state index in [9.17, 15) is 8.42 Å². The molecule has 1 aromatic rings. The minimum Gasteiger partial charge on any atom is -0.273 e. The van der Waals surface area contributed by atoms with Crippen LogP contribution in [0, 0.1) is 0 Å². The van der Waals surface area contributed by atoms with Gasteiger partial charge in [-0.2, -0.15) is 0 Å². The van der Waals surface area contributed by atoms with Gasteiger partial charge in [-0.15, -0.1) is 0 Å². The van der Waals surface area contributed by atoms with E-state index in [1.165, 1.54) is 17.1 Å². The van der Waals surface area contributed by atoms with Gasteiger partial charge in [0.15, 0.2) is 0 Å². The van der Waals surface area contributed by atoms with Crippen LogP contribution >= 0.6 is 0 Å². The second kappa shape index (κ2) is 7.53. The van der Waals surface area contributed by atoms with Crippen LogP contribution in [0.5, 0.6) is 0 Å². The number of nitrogens with zero attached hydrogens (tertiary/aromatic N) is 1. The molecule has 0 saturated heterocycles. The lowest BCUT2D eigenvalue weighted by atomic mass is 10.1. The van der Waals surface area contributed by atoms with Gasteiger partial charge in [0, 0.05) is 7.05 Å². The third-order valence-corrected chi connectivity index (χ3v) is 5.70. The first kappa shape index (κ1) is 16.0. The molecule has 0 spiro atoms. The lowest BCUT2D eigenvalue weighted by Gasteiger charge is -2.23. The van der Waals surface area contributed by atoms with Crippen LogP contribution in [-0.2, 0) is 10.0 Å². The van der Waals surface area contributed by atoms with Gasteiger partial charge in [0.25, 0.3) is 0 Å². The maximum absolute atomic E-state index is 12.4. The van der Waals surface area contributed by atoms with Crippen LogP contribution in [0.15, 0.2) is 30.3 Å². The Labute approximate surface area is 117 Å². The average Bonchev–Trinajstić information content (AvgIpc) is 2.43. The van der Waals surface area contributed by atoms with E-state index in [1.807, 2.05) is 30.3 Å². The van der Waals surface area contributed by atoms with Crippen LogP contribution in [0.4, 0.5) is 5.69 Å². The second-order valence-electron chi connectivity index (χ2n) is 5.01. The Bertz CT molecular complexity index is 456. The molecule has 0 radical (unpaired) electrons. The molecule has 0 N–H and O–H groups in total. The van der Waals surface area contributed by atoms with Crippen molar-refractivity contribution in [2.24, 2.45) is 0 Å². The van der Waals surface area contributed by atoms with Gasteiger partial charge < -0.3 is 0 Å². The summed E-state index contributed by atoms with van der Waals surface area (Å²) < 4.78 is 26.2. The van der Waals surface area contributed by atoms with Gasteiger partial charge in [-0.25, -0.2) is 8.42 Å². The van der Waals surface area contributed by atoms with Gasteiger partial charge in [-0.05, 0) is 25.5 Å². The quantitative estimate of drug-likeness (QED) is 0.680. The Morgan fingerprint density at radius 3 is 2.32 bits per heavy atom. The molecule has 0 aliphatic heterocycles. The van der Waals surface area contributed by atoms with E-state index < -0.39 is 10.0 Å². The first-order valence-corrected chi connectivity index (χ1v) is 8.53. The van der Waals surface area contributed by atoms with E-state index in [0.717, 1.165) is 24.9 Å². The van der Waals surface area contributed by atoms with Gasteiger partial charge in [0.2, 0.25) is 10.0 Å². The number of anilines is 1. The van der Waals surface area contributed by atoms with Crippen LogP contribution in [-0.4, -0.2) is 20.7 Å². The smallest absolute Gasteiger partial charge is 0.237 e. The van der Waals surface area contributed by atoms with Crippen molar-refractivity contribution in [3.05, 3.63) is 30.3 Å². The van der Waals surface area contributed by atoms with Gasteiger partial charge in [-0.1, -0.05) is 50.8 Å². The molecular weight excluding hydrogens is 258 g/mol. The van der Waals surface area contributed by atoms with Crippen LogP contribution in [0.2, 0.25) is 0 Å². The van der Waals surface area contributed by atoms with Crippen LogP contribution in [0.3, 0.4) is 0 Å². The zero-order valence-electron chi connectivity index (χ0n) is 12.2. The maximum atomic E-state index is 12.4. The number of benzene rings is 1. The summed E-state index contributed by atoms with van der Waals surface area (Å²) in [5.74, 6) is 0. The number of para-hydroxylation sites is 1. The van der Waals surface area contributed by atoms with Crippen LogP contribution in [0.25, 0.3) is 0 Å². The van der Waals surface area contributed by atoms with E-state index in [1.54, 1.807) is 14.0 Å². The summed E-state index contributed by atoms with van der Waals surface area (Å²) in [5, 5.41) is -0.324. The highest BCUT2D eigenvalue weighted by molar-refractivity contribution is 7.93. The summed E-state index contributed by atoms with van der Waals surface area (Å²) in [5.41, 5.74) is 0.725. The Balaban J connectivity index is 2.64. The van der Waals surface area contributed by atoms with E-state index in [4.69, 9.17) is 0 Å². The third kappa shape index (κ3) is 4.53. The van der Waals surface area contributed by atoms with E-state index in [-0.39, 0.29) is 5.25 Å². The summed E-state index contributed by atoms with van der Waals surface area (Å²) in [6, 6.07) is 9.24. The maximum Gasteiger partial charge on any atom is 0.237 e. The Morgan fingerprint density at radius 2 is 1.74 bits per heavy atom. The third-order valence-electron chi connectivity index (χ3n) is 3.47. The van der Waals surface area contributed by atoms with Crippen molar-refractivity contribution in [2.45, 2.75) is 51.2 Å². The summed E-state index contributed by atoms with van der Waals surface area (Å²) in [6.07, 6.45) is 5.19. The average molecular weight is 283 g/mol. The molecule has 108 valence electrons. The minimum absolute atomic E-state index is 0.324. The molecule has 0 aliphatic carbocycles. The Morgan fingerprint density at radius 1 is 1.11 bits per heavy atom. The number of sulfonamides is 1. The predicted molar refractivity (Wildman–Crippen MR) is 82.0 cm³/mol. The zero-order valence-corrected chi connectivity index (χ0v) is 13.0. The minimum atomic E-state index is -3.25. The molecule has 0 amide bonds. The fraction of sp³-hybridized carbons (Fsp3) is 0.600. The molecule has 1 aromatic carbocycles. The second-order valence-corrected chi connectivity index (χ2v) is 7.39. The van der Waals surface area contributed by atoms with Gasteiger partial charge in [0.05, 0.1) is 10.9 Å². The standard InChI is InChI=1S/C15H25NO2S/c1-4-5-6-8-11-14(2)19(17,18)16(3)15-12-9-7-10-13-15/h7,9-10,12-14H,4-6,8,11H2,1-3H3/t14-/m1/s1. The van der Waals surface area contributed by atoms with Gasteiger partial charge in [-0.3, -0.25) is 4.31 Å². The molecule has 0 aromatic heterocycles. The van der Waals surface area contributed by atoms with Crippen molar-refractivity contribution in [3.8, 4) is 0 Å².